The van der Waals surface area contributed by atoms with Crippen molar-refractivity contribution in [2.75, 3.05) is 26.2 Å². The number of carboxylic acid groups (broad SMARTS) is 1. The van der Waals surface area contributed by atoms with Gasteiger partial charge in [0.05, 0.1) is 13.2 Å². The zero-order chi connectivity index (χ0) is 19.3. The molecule has 0 fully saturated rings. The van der Waals surface area contributed by atoms with Crippen LogP contribution in [0.25, 0.3) is 0 Å². The molecule has 4 nitrogen and oxygen atoms in total. The van der Waals surface area contributed by atoms with Gasteiger partial charge in [-0.15, -0.1) is 0 Å². The van der Waals surface area contributed by atoms with Gasteiger partial charge in [0, 0.05) is 36.1 Å². The molecular formula is C22H45NNaO3. The number of carboxylic acids is 1. The predicted octanol–water partition coefficient (Wildman–Crippen LogP) is 5.25. The number of carbonyl (C=O) groups is 1. The molecule has 2 N–H and O–H groups in total. The monoisotopic (exact) mass is 394 g/mol. The van der Waals surface area contributed by atoms with Gasteiger partial charge in [-0.3, -0.25) is 9.69 Å². The Bertz CT molecular complexity index is 303. The second-order valence-corrected chi connectivity index (χ2v) is 7.70. The SMILES string of the molecule is CCCCCCCCCCCCCCCCCCN(CCO)CC(=O)O.[Na]. The molecule has 0 unspecified atom stereocenters. The summed E-state index contributed by atoms with van der Waals surface area (Å²) in [5.74, 6) is -0.810. The Morgan fingerprint density at radius 1 is 0.667 bits per heavy atom. The molecule has 0 amide bonds. The fourth-order valence-corrected chi connectivity index (χ4v) is 3.49. The molecule has 0 aliphatic rings. The van der Waals surface area contributed by atoms with Crippen molar-refractivity contribution in [1.29, 1.82) is 0 Å². The first-order chi connectivity index (χ1) is 12.7. The van der Waals surface area contributed by atoms with Crippen LogP contribution in [0.1, 0.15) is 110 Å². The van der Waals surface area contributed by atoms with E-state index in [1.807, 2.05) is 4.90 Å². The molecule has 0 atom stereocenters. The number of aliphatic hydroxyl groups excluding tert-OH is 1. The number of aliphatic hydroxyl groups is 1. The molecule has 0 aliphatic heterocycles. The van der Waals surface area contributed by atoms with Crippen LogP contribution >= 0.6 is 0 Å². The Morgan fingerprint density at radius 3 is 1.37 bits per heavy atom. The summed E-state index contributed by atoms with van der Waals surface area (Å²) >= 11 is 0. The molecule has 157 valence electrons. The molecule has 0 heterocycles. The summed E-state index contributed by atoms with van der Waals surface area (Å²) in [5.41, 5.74) is 0. The van der Waals surface area contributed by atoms with Crippen molar-refractivity contribution in [3.8, 4) is 0 Å². The fourth-order valence-electron chi connectivity index (χ4n) is 3.49. The Kier molecular flexibility index (Phi) is 26.8. The maximum atomic E-state index is 10.7. The third kappa shape index (κ3) is 24.4. The standard InChI is InChI=1S/C22H45NO3.Na/c1-2-3-4-5-6-7-8-9-10-11-12-13-14-15-16-17-18-23(19-20-24)21-22(25)26;/h24H,2-21H2,1H3,(H,25,26);. The van der Waals surface area contributed by atoms with E-state index in [2.05, 4.69) is 6.92 Å². The number of rotatable bonds is 21. The van der Waals surface area contributed by atoms with Crippen LogP contribution in [-0.2, 0) is 4.79 Å². The first kappa shape index (κ1) is 29.6. The van der Waals surface area contributed by atoms with E-state index in [1.165, 1.54) is 96.3 Å². The maximum Gasteiger partial charge on any atom is 0.317 e. The minimum absolute atomic E-state index is 0. The molecule has 0 bridgehead atoms. The Labute approximate surface area is 190 Å². The summed E-state index contributed by atoms with van der Waals surface area (Å²) in [6.45, 7) is 3.59. The normalized spacial score (nSPS) is 10.9. The third-order valence-corrected chi connectivity index (χ3v) is 5.10. The molecule has 0 aliphatic carbocycles. The van der Waals surface area contributed by atoms with E-state index in [4.69, 9.17) is 10.2 Å². The van der Waals surface area contributed by atoms with E-state index in [-0.39, 0.29) is 42.7 Å². The van der Waals surface area contributed by atoms with Gasteiger partial charge in [0.2, 0.25) is 0 Å². The van der Waals surface area contributed by atoms with Gasteiger partial charge in [0.15, 0.2) is 0 Å². The summed E-state index contributed by atoms with van der Waals surface area (Å²) in [4.78, 5) is 12.6. The van der Waals surface area contributed by atoms with Crippen LogP contribution < -0.4 is 0 Å². The topological polar surface area (TPSA) is 60.8 Å². The van der Waals surface area contributed by atoms with Crippen molar-refractivity contribution in [2.24, 2.45) is 0 Å². The molecular weight excluding hydrogens is 349 g/mol. The zero-order valence-electron chi connectivity index (χ0n) is 18.4. The number of hydrogen-bond donors (Lipinski definition) is 2. The van der Waals surface area contributed by atoms with Gasteiger partial charge in [-0.2, -0.15) is 0 Å². The van der Waals surface area contributed by atoms with Gasteiger partial charge < -0.3 is 10.2 Å². The van der Waals surface area contributed by atoms with Gasteiger partial charge in [-0.05, 0) is 13.0 Å². The van der Waals surface area contributed by atoms with Crippen molar-refractivity contribution in [3.63, 3.8) is 0 Å². The average Bonchev–Trinajstić information content (AvgIpc) is 2.61. The van der Waals surface area contributed by atoms with E-state index < -0.39 is 5.97 Å². The van der Waals surface area contributed by atoms with Gasteiger partial charge in [-0.1, -0.05) is 103 Å². The van der Waals surface area contributed by atoms with Crippen LogP contribution in [0, 0.1) is 0 Å². The van der Waals surface area contributed by atoms with E-state index in [9.17, 15) is 4.79 Å². The number of hydrogen-bond acceptors (Lipinski definition) is 3. The van der Waals surface area contributed by atoms with Crippen molar-refractivity contribution in [1.82, 2.24) is 4.90 Å². The quantitative estimate of drug-likeness (QED) is 0.206. The van der Waals surface area contributed by atoms with Gasteiger partial charge in [-0.25, -0.2) is 0 Å². The first-order valence-electron chi connectivity index (χ1n) is 11.3. The number of unbranched alkanes of at least 4 members (excludes halogenated alkanes) is 15. The van der Waals surface area contributed by atoms with Crippen LogP contribution in [0.5, 0.6) is 0 Å². The molecule has 0 spiro atoms. The van der Waals surface area contributed by atoms with Gasteiger partial charge in [0.1, 0.15) is 0 Å². The van der Waals surface area contributed by atoms with Crippen LogP contribution in [0.3, 0.4) is 0 Å². The van der Waals surface area contributed by atoms with Crippen LogP contribution in [0.4, 0.5) is 0 Å². The molecule has 0 aromatic carbocycles. The predicted molar refractivity (Wildman–Crippen MR) is 116 cm³/mol. The van der Waals surface area contributed by atoms with Gasteiger partial charge >= 0.3 is 5.97 Å². The smallest absolute Gasteiger partial charge is 0.317 e. The summed E-state index contributed by atoms with van der Waals surface area (Å²) in [7, 11) is 0. The van der Waals surface area contributed by atoms with Crippen molar-refractivity contribution in [3.05, 3.63) is 0 Å². The third-order valence-electron chi connectivity index (χ3n) is 5.10. The minimum Gasteiger partial charge on any atom is -0.480 e. The Morgan fingerprint density at radius 2 is 1.04 bits per heavy atom. The second-order valence-electron chi connectivity index (χ2n) is 7.70. The molecule has 5 heteroatoms. The molecule has 0 saturated carbocycles. The van der Waals surface area contributed by atoms with Crippen molar-refractivity contribution >= 4 is 35.5 Å². The van der Waals surface area contributed by atoms with E-state index in [1.54, 1.807) is 0 Å². The first-order valence-corrected chi connectivity index (χ1v) is 11.3. The average molecular weight is 395 g/mol. The van der Waals surface area contributed by atoms with E-state index in [0.717, 1.165) is 13.0 Å². The number of aliphatic carboxylic acids is 1. The fraction of sp³-hybridized carbons (Fsp3) is 0.955. The molecule has 0 saturated heterocycles. The van der Waals surface area contributed by atoms with Crippen LogP contribution in [-0.4, -0.2) is 76.9 Å². The summed E-state index contributed by atoms with van der Waals surface area (Å²) in [5, 5.41) is 17.8. The maximum absolute atomic E-state index is 10.7. The molecule has 1 radical (unpaired) electrons. The van der Waals surface area contributed by atoms with Crippen molar-refractivity contribution < 1.29 is 15.0 Å². The van der Waals surface area contributed by atoms with Gasteiger partial charge in [0.25, 0.3) is 0 Å². The largest absolute Gasteiger partial charge is 0.480 e. The molecule has 0 aromatic rings. The Hall–Kier alpha value is 0.390. The minimum atomic E-state index is -0.810. The molecule has 27 heavy (non-hydrogen) atoms. The summed E-state index contributed by atoms with van der Waals surface area (Å²) in [6.07, 6.45) is 21.6. The van der Waals surface area contributed by atoms with Crippen LogP contribution in [0.15, 0.2) is 0 Å². The number of nitrogens with zero attached hydrogens (tertiary/aromatic N) is 1. The van der Waals surface area contributed by atoms with Crippen molar-refractivity contribution in [2.45, 2.75) is 110 Å². The van der Waals surface area contributed by atoms with Crippen LogP contribution in [0.2, 0.25) is 0 Å². The van der Waals surface area contributed by atoms with E-state index >= 15 is 0 Å². The zero-order valence-corrected chi connectivity index (χ0v) is 20.4. The molecule has 0 aromatic heterocycles. The second kappa shape index (κ2) is 24.4. The van der Waals surface area contributed by atoms with E-state index in [0.29, 0.717) is 6.54 Å². The summed E-state index contributed by atoms with van der Waals surface area (Å²) < 4.78 is 0. The summed E-state index contributed by atoms with van der Waals surface area (Å²) in [6, 6.07) is 0. The Balaban J connectivity index is 0. The molecule has 0 rings (SSSR count).